The first-order valence-corrected chi connectivity index (χ1v) is 9.51. The molecule has 3 aromatic rings. The number of carbonyl (C=O) groups is 1. The Morgan fingerprint density at radius 2 is 1.58 bits per heavy atom. The lowest BCUT2D eigenvalue weighted by atomic mass is 10.1. The average Bonchev–Trinajstić information content (AvgIpc) is 2.64. The molecular weight excluding hydrogens is 372 g/mol. The summed E-state index contributed by atoms with van der Waals surface area (Å²) in [7, 11) is -3.94. The number of hydrogen-bond donors (Lipinski definition) is 2. The molecule has 0 unspecified atom stereocenters. The van der Waals surface area contributed by atoms with E-state index in [1.54, 1.807) is 18.2 Å². The van der Waals surface area contributed by atoms with E-state index in [2.05, 4.69) is 4.72 Å². The van der Waals surface area contributed by atoms with E-state index < -0.39 is 15.9 Å². The molecular formula is C19H15ClN2O3S. The zero-order chi connectivity index (χ0) is 18.7. The first-order valence-electron chi connectivity index (χ1n) is 7.65. The first-order chi connectivity index (χ1) is 12.4. The van der Waals surface area contributed by atoms with Crippen LogP contribution in [-0.2, 0) is 10.0 Å². The van der Waals surface area contributed by atoms with Crippen LogP contribution in [-0.4, -0.2) is 14.3 Å². The SMILES string of the molecule is NC(=O)c1ccc(Cl)c(NS(=O)(=O)c2ccccc2-c2ccccc2)c1. The summed E-state index contributed by atoms with van der Waals surface area (Å²) < 4.78 is 28.3. The smallest absolute Gasteiger partial charge is 0.262 e. The molecule has 3 rings (SSSR count). The van der Waals surface area contributed by atoms with Gasteiger partial charge in [-0.05, 0) is 29.8 Å². The summed E-state index contributed by atoms with van der Waals surface area (Å²) in [4.78, 5) is 11.4. The molecule has 0 aliphatic heterocycles. The van der Waals surface area contributed by atoms with Crippen molar-refractivity contribution in [1.29, 1.82) is 0 Å². The molecule has 7 heteroatoms. The van der Waals surface area contributed by atoms with Gasteiger partial charge in [0.25, 0.3) is 10.0 Å². The molecule has 0 radical (unpaired) electrons. The molecule has 0 saturated heterocycles. The molecule has 3 N–H and O–H groups in total. The number of nitrogens with two attached hydrogens (primary N) is 1. The van der Waals surface area contributed by atoms with Gasteiger partial charge < -0.3 is 5.73 Å². The maximum absolute atomic E-state index is 12.9. The minimum Gasteiger partial charge on any atom is -0.366 e. The average molecular weight is 387 g/mol. The van der Waals surface area contributed by atoms with Gasteiger partial charge in [-0.25, -0.2) is 8.42 Å². The largest absolute Gasteiger partial charge is 0.366 e. The van der Waals surface area contributed by atoms with E-state index in [1.165, 1.54) is 24.3 Å². The topological polar surface area (TPSA) is 89.3 Å². The van der Waals surface area contributed by atoms with E-state index in [0.29, 0.717) is 5.56 Å². The Kier molecular flexibility index (Phi) is 4.97. The highest BCUT2D eigenvalue weighted by molar-refractivity contribution is 7.92. The Hall–Kier alpha value is -2.83. The Morgan fingerprint density at radius 1 is 0.923 bits per heavy atom. The van der Waals surface area contributed by atoms with Crippen molar-refractivity contribution in [2.45, 2.75) is 4.90 Å². The van der Waals surface area contributed by atoms with Gasteiger partial charge in [0.05, 0.1) is 15.6 Å². The quantitative estimate of drug-likeness (QED) is 0.696. The molecule has 0 fully saturated rings. The van der Waals surface area contributed by atoms with E-state index in [4.69, 9.17) is 17.3 Å². The molecule has 5 nitrogen and oxygen atoms in total. The second-order valence-electron chi connectivity index (χ2n) is 5.53. The van der Waals surface area contributed by atoms with E-state index in [-0.39, 0.29) is 21.2 Å². The number of hydrogen-bond acceptors (Lipinski definition) is 3. The third-order valence-electron chi connectivity index (χ3n) is 3.76. The monoisotopic (exact) mass is 386 g/mol. The van der Waals surface area contributed by atoms with Gasteiger partial charge in [0.15, 0.2) is 0 Å². The summed E-state index contributed by atoms with van der Waals surface area (Å²) in [6.07, 6.45) is 0. The molecule has 0 spiro atoms. The van der Waals surface area contributed by atoms with E-state index in [0.717, 1.165) is 5.56 Å². The van der Waals surface area contributed by atoms with Crippen molar-refractivity contribution >= 4 is 33.2 Å². The van der Waals surface area contributed by atoms with Gasteiger partial charge >= 0.3 is 0 Å². The minimum atomic E-state index is -3.94. The highest BCUT2D eigenvalue weighted by Crippen LogP contribution is 2.30. The predicted octanol–water partition coefficient (Wildman–Crippen LogP) is 3.91. The summed E-state index contributed by atoms with van der Waals surface area (Å²) in [6, 6.07) is 20.0. The van der Waals surface area contributed by atoms with Crippen LogP contribution in [0.15, 0.2) is 77.7 Å². The third-order valence-corrected chi connectivity index (χ3v) is 5.51. The van der Waals surface area contributed by atoms with E-state index in [1.807, 2.05) is 30.3 Å². The van der Waals surface area contributed by atoms with Crippen molar-refractivity contribution < 1.29 is 13.2 Å². The van der Waals surface area contributed by atoms with Crippen LogP contribution >= 0.6 is 11.6 Å². The van der Waals surface area contributed by atoms with Crippen molar-refractivity contribution in [1.82, 2.24) is 0 Å². The van der Waals surface area contributed by atoms with Gasteiger partial charge in [-0.1, -0.05) is 60.1 Å². The fourth-order valence-electron chi connectivity index (χ4n) is 2.51. The Labute approximate surface area is 156 Å². The van der Waals surface area contributed by atoms with Crippen LogP contribution in [0.3, 0.4) is 0 Å². The van der Waals surface area contributed by atoms with Crippen LogP contribution < -0.4 is 10.5 Å². The highest BCUT2D eigenvalue weighted by atomic mass is 35.5. The van der Waals surface area contributed by atoms with Crippen LogP contribution in [0.5, 0.6) is 0 Å². The van der Waals surface area contributed by atoms with Crippen LogP contribution in [0.1, 0.15) is 10.4 Å². The van der Waals surface area contributed by atoms with Crippen LogP contribution in [0.2, 0.25) is 5.02 Å². The lowest BCUT2D eigenvalue weighted by Gasteiger charge is -2.14. The number of anilines is 1. The zero-order valence-corrected chi connectivity index (χ0v) is 15.1. The fraction of sp³-hybridized carbons (Fsp3) is 0. The molecule has 0 heterocycles. The number of benzene rings is 3. The third kappa shape index (κ3) is 3.71. The van der Waals surface area contributed by atoms with E-state index >= 15 is 0 Å². The van der Waals surface area contributed by atoms with E-state index in [9.17, 15) is 13.2 Å². The fourth-order valence-corrected chi connectivity index (χ4v) is 4.04. The highest BCUT2D eigenvalue weighted by Gasteiger charge is 2.20. The number of carbonyl (C=O) groups excluding carboxylic acids is 1. The summed E-state index contributed by atoms with van der Waals surface area (Å²) in [5.74, 6) is -0.674. The lowest BCUT2D eigenvalue weighted by molar-refractivity contribution is 0.100. The number of nitrogens with one attached hydrogen (secondary N) is 1. The first kappa shape index (κ1) is 18.0. The van der Waals surface area contributed by atoms with Crippen LogP contribution in [0.4, 0.5) is 5.69 Å². The Morgan fingerprint density at radius 3 is 2.27 bits per heavy atom. The number of primary amides is 1. The number of amides is 1. The molecule has 0 atom stereocenters. The van der Waals surface area contributed by atoms with Crippen molar-refractivity contribution in [3.63, 3.8) is 0 Å². The summed E-state index contributed by atoms with van der Waals surface area (Å²) >= 11 is 6.07. The molecule has 0 aromatic heterocycles. The molecule has 0 aliphatic rings. The molecule has 3 aromatic carbocycles. The summed E-state index contributed by atoms with van der Waals surface area (Å²) in [5.41, 5.74) is 6.82. The standard InChI is InChI=1S/C19H15ClN2O3S/c20-16-11-10-14(19(21)23)12-17(16)22-26(24,25)18-9-5-4-8-15(18)13-6-2-1-3-7-13/h1-12,22H,(H2,21,23). The van der Waals surface area contributed by atoms with Gasteiger partial charge in [-0.3, -0.25) is 9.52 Å². The van der Waals surface area contributed by atoms with Gasteiger partial charge in [0.1, 0.15) is 0 Å². The second-order valence-corrected chi connectivity index (χ2v) is 7.58. The number of sulfonamides is 1. The van der Waals surface area contributed by atoms with Gasteiger partial charge in [0.2, 0.25) is 5.91 Å². The van der Waals surface area contributed by atoms with Gasteiger partial charge in [0, 0.05) is 11.1 Å². The van der Waals surface area contributed by atoms with Gasteiger partial charge in [-0.2, -0.15) is 0 Å². The zero-order valence-electron chi connectivity index (χ0n) is 13.5. The maximum Gasteiger partial charge on any atom is 0.262 e. The predicted molar refractivity (Wildman–Crippen MR) is 103 cm³/mol. The molecule has 0 aliphatic carbocycles. The molecule has 1 amide bonds. The Bertz CT molecular complexity index is 1070. The Balaban J connectivity index is 2.06. The minimum absolute atomic E-state index is 0.0887. The lowest BCUT2D eigenvalue weighted by Crippen LogP contribution is -2.16. The van der Waals surface area contributed by atoms with Crippen LogP contribution in [0.25, 0.3) is 11.1 Å². The molecule has 0 saturated carbocycles. The van der Waals surface area contributed by atoms with Crippen molar-refractivity contribution in [2.24, 2.45) is 5.73 Å². The van der Waals surface area contributed by atoms with Crippen molar-refractivity contribution in [3.05, 3.63) is 83.4 Å². The van der Waals surface area contributed by atoms with Gasteiger partial charge in [-0.15, -0.1) is 0 Å². The van der Waals surface area contributed by atoms with Crippen molar-refractivity contribution in [3.8, 4) is 11.1 Å². The molecule has 26 heavy (non-hydrogen) atoms. The molecule has 0 bridgehead atoms. The summed E-state index contributed by atoms with van der Waals surface area (Å²) in [5, 5.41) is 0.163. The van der Waals surface area contributed by atoms with Crippen molar-refractivity contribution in [2.75, 3.05) is 4.72 Å². The summed E-state index contributed by atoms with van der Waals surface area (Å²) in [6.45, 7) is 0. The second kappa shape index (κ2) is 7.19. The molecule has 132 valence electrons. The number of rotatable bonds is 5. The normalized spacial score (nSPS) is 11.1. The maximum atomic E-state index is 12.9. The van der Waals surface area contributed by atoms with Crippen LogP contribution in [0, 0.1) is 0 Å². The number of halogens is 1.